The van der Waals surface area contributed by atoms with E-state index < -0.39 is 0 Å². The van der Waals surface area contributed by atoms with Crippen LogP contribution in [0.1, 0.15) is 12.5 Å². The molecule has 1 aromatic heterocycles. The third kappa shape index (κ3) is 4.59. The number of anilines is 2. The van der Waals surface area contributed by atoms with Crippen molar-refractivity contribution in [2.75, 3.05) is 11.9 Å². The molecule has 0 saturated carbocycles. The average molecular weight is 340 g/mol. The van der Waals surface area contributed by atoms with Crippen LogP contribution in [0.15, 0.2) is 65.8 Å². The second-order valence-electron chi connectivity index (χ2n) is 5.10. The minimum Gasteiger partial charge on any atom is -0.359 e. The normalized spacial score (nSPS) is 10.7. The lowest BCUT2D eigenvalue weighted by Crippen LogP contribution is -2.08. The van der Waals surface area contributed by atoms with Gasteiger partial charge in [0.1, 0.15) is 6.73 Å². The Morgan fingerprint density at radius 2 is 1.75 bits per heavy atom. The summed E-state index contributed by atoms with van der Waals surface area (Å²) >= 11 is 1.61. The highest BCUT2D eigenvalue weighted by Crippen LogP contribution is 2.23. The Labute approximate surface area is 146 Å². The molecular formula is C18H20N4OS. The summed E-state index contributed by atoms with van der Waals surface area (Å²) in [6, 6.07) is 20.3. The van der Waals surface area contributed by atoms with E-state index in [9.17, 15) is 0 Å². The van der Waals surface area contributed by atoms with E-state index in [0.717, 1.165) is 16.6 Å². The maximum absolute atomic E-state index is 5.49. The van der Waals surface area contributed by atoms with Crippen LogP contribution in [0.3, 0.4) is 0 Å². The molecule has 5 nitrogen and oxygen atoms in total. The monoisotopic (exact) mass is 340 g/mol. The summed E-state index contributed by atoms with van der Waals surface area (Å²) in [4.78, 5) is 4.60. The molecule has 0 aliphatic carbocycles. The molecule has 3 rings (SSSR count). The first-order valence-corrected chi connectivity index (χ1v) is 8.85. The van der Waals surface area contributed by atoms with Gasteiger partial charge in [-0.05, 0) is 24.6 Å². The van der Waals surface area contributed by atoms with Gasteiger partial charge < -0.3 is 10.1 Å². The quantitative estimate of drug-likeness (QED) is 0.619. The summed E-state index contributed by atoms with van der Waals surface area (Å²) in [6.45, 7) is 2.98. The SMILES string of the molecule is CCOCn1nc(SCc2ccccc2)nc1Nc1ccccc1. The zero-order valence-electron chi connectivity index (χ0n) is 13.6. The molecule has 0 bridgehead atoms. The van der Waals surface area contributed by atoms with Crippen LogP contribution in [0.25, 0.3) is 0 Å². The predicted molar refractivity (Wildman–Crippen MR) is 97.4 cm³/mol. The van der Waals surface area contributed by atoms with Crippen LogP contribution < -0.4 is 5.32 Å². The molecule has 2 aromatic carbocycles. The average Bonchev–Trinajstić information content (AvgIpc) is 3.01. The van der Waals surface area contributed by atoms with Crippen LogP contribution in [0, 0.1) is 0 Å². The first-order chi connectivity index (χ1) is 11.8. The van der Waals surface area contributed by atoms with Gasteiger partial charge in [0.2, 0.25) is 11.1 Å². The fourth-order valence-electron chi connectivity index (χ4n) is 2.12. The van der Waals surface area contributed by atoms with E-state index in [4.69, 9.17) is 4.74 Å². The van der Waals surface area contributed by atoms with Gasteiger partial charge in [0.05, 0.1) is 0 Å². The molecule has 0 fully saturated rings. The number of nitrogens with one attached hydrogen (secondary N) is 1. The molecule has 0 radical (unpaired) electrons. The van der Waals surface area contributed by atoms with Crippen molar-refractivity contribution >= 4 is 23.4 Å². The Kier molecular flexibility index (Phi) is 5.87. The van der Waals surface area contributed by atoms with Crippen LogP contribution in [-0.2, 0) is 17.2 Å². The van der Waals surface area contributed by atoms with Crippen LogP contribution in [0.4, 0.5) is 11.6 Å². The lowest BCUT2D eigenvalue weighted by atomic mass is 10.2. The van der Waals surface area contributed by atoms with Crippen LogP contribution in [-0.4, -0.2) is 21.4 Å². The van der Waals surface area contributed by atoms with Crippen molar-refractivity contribution in [3.05, 3.63) is 66.2 Å². The van der Waals surface area contributed by atoms with Crippen molar-refractivity contribution < 1.29 is 4.74 Å². The zero-order valence-corrected chi connectivity index (χ0v) is 14.4. The maximum Gasteiger partial charge on any atom is 0.228 e. The van der Waals surface area contributed by atoms with Crippen LogP contribution in [0.2, 0.25) is 0 Å². The van der Waals surface area contributed by atoms with Gasteiger partial charge in [0.25, 0.3) is 0 Å². The fourth-order valence-corrected chi connectivity index (χ4v) is 2.91. The van der Waals surface area contributed by atoms with Gasteiger partial charge in [-0.25, -0.2) is 4.68 Å². The standard InChI is InChI=1S/C18H20N4OS/c1-2-23-14-22-17(19-16-11-7-4-8-12-16)20-18(21-22)24-13-15-9-5-3-6-10-15/h3-12H,2,13-14H2,1H3,(H,19,20,21). The van der Waals surface area contributed by atoms with Gasteiger partial charge in [-0.1, -0.05) is 60.3 Å². The van der Waals surface area contributed by atoms with E-state index in [1.807, 2.05) is 55.5 Å². The number of benzene rings is 2. The Morgan fingerprint density at radius 3 is 2.46 bits per heavy atom. The Morgan fingerprint density at radius 1 is 1.04 bits per heavy atom. The van der Waals surface area contributed by atoms with Gasteiger partial charge in [0, 0.05) is 18.0 Å². The Bertz CT molecular complexity index is 746. The van der Waals surface area contributed by atoms with Gasteiger partial charge in [0.15, 0.2) is 0 Å². The number of thioether (sulfide) groups is 1. The van der Waals surface area contributed by atoms with Crippen molar-refractivity contribution in [3.8, 4) is 0 Å². The third-order valence-corrected chi connectivity index (χ3v) is 4.22. The van der Waals surface area contributed by atoms with Crippen molar-refractivity contribution in [3.63, 3.8) is 0 Å². The molecule has 0 amide bonds. The van der Waals surface area contributed by atoms with E-state index in [1.165, 1.54) is 5.56 Å². The highest BCUT2D eigenvalue weighted by Gasteiger charge is 2.11. The molecule has 6 heteroatoms. The van der Waals surface area contributed by atoms with E-state index in [1.54, 1.807) is 16.4 Å². The van der Waals surface area contributed by atoms with Gasteiger partial charge >= 0.3 is 0 Å². The molecule has 1 heterocycles. The van der Waals surface area contributed by atoms with Crippen molar-refractivity contribution in [2.45, 2.75) is 24.6 Å². The first-order valence-electron chi connectivity index (χ1n) is 7.86. The maximum atomic E-state index is 5.49. The number of rotatable bonds is 8. The molecule has 0 saturated heterocycles. The van der Waals surface area contributed by atoms with Gasteiger partial charge in [-0.2, -0.15) is 4.98 Å². The van der Waals surface area contributed by atoms with Crippen molar-refractivity contribution in [2.24, 2.45) is 0 Å². The van der Waals surface area contributed by atoms with E-state index in [-0.39, 0.29) is 0 Å². The summed E-state index contributed by atoms with van der Waals surface area (Å²) in [5.41, 5.74) is 2.23. The first kappa shape index (κ1) is 16.5. The summed E-state index contributed by atoms with van der Waals surface area (Å²) in [5.74, 6) is 1.52. The number of para-hydroxylation sites is 1. The number of hydrogen-bond donors (Lipinski definition) is 1. The zero-order chi connectivity index (χ0) is 16.6. The number of aromatic nitrogens is 3. The molecular weight excluding hydrogens is 320 g/mol. The molecule has 24 heavy (non-hydrogen) atoms. The predicted octanol–water partition coefficient (Wildman–Crippen LogP) is 4.31. The second kappa shape index (κ2) is 8.52. The molecule has 0 unspecified atom stereocenters. The molecule has 0 spiro atoms. The van der Waals surface area contributed by atoms with Gasteiger partial charge in [-0.3, -0.25) is 0 Å². The minimum absolute atomic E-state index is 0.380. The fraction of sp³-hybridized carbons (Fsp3) is 0.222. The number of ether oxygens (including phenoxy) is 1. The number of hydrogen-bond acceptors (Lipinski definition) is 5. The lowest BCUT2D eigenvalue weighted by Gasteiger charge is -2.07. The van der Waals surface area contributed by atoms with Crippen molar-refractivity contribution in [1.82, 2.24) is 14.8 Å². The molecule has 0 aliphatic rings. The third-order valence-electron chi connectivity index (χ3n) is 3.31. The topological polar surface area (TPSA) is 52.0 Å². The van der Waals surface area contributed by atoms with Crippen LogP contribution in [0.5, 0.6) is 0 Å². The van der Waals surface area contributed by atoms with E-state index in [0.29, 0.717) is 19.3 Å². The Hall–Kier alpha value is -2.31. The minimum atomic E-state index is 0.380. The molecule has 3 aromatic rings. The molecule has 0 atom stereocenters. The van der Waals surface area contributed by atoms with Crippen molar-refractivity contribution in [1.29, 1.82) is 0 Å². The highest BCUT2D eigenvalue weighted by atomic mass is 32.2. The van der Waals surface area contributed by atoms with Gasteiger partial charge in [-0.15, -0.1) is 5.10 Å². The summed E-state index contributed by atoms with van der Waals surface area (Å²) in [5, 5.41) is 8.57. The van der Waals surface area contributed by atoms with Crippen LogP contribution >= 0.6 is 11.8 Å². The Balaban J connectivity index is 1.72. The smallest absolute Gasteiger partial charge is 0.228 e. The molecule has 1 N–H and O–H groups in total. The summed E-state index contributed by atoms with van der Waals surface area (Å²) in [6.07, 6.45) is 0. The molecule has 124 valence electrons. The highest BCUT2D eigenvalue weighted by molar-refractivity contribution is 7.98. The lowest BCUT2D eigenvalue weighted by molar-refractivity contribution is 0.0798. The van der Waals surface area contributed by atoms with E-state index >= 15 is 0 Å². The summed E-state index contributed by atoms with van der Waals surface area (Å²) < 4.78 is 7.24. The largest absolute Gasteiger partial charge is 0.359 e. The summed E-state index contributed by atoms with van der Waals surface area (Å²) in [7, 11) is 0. The molecule has 0 aliphatic heterocycles. The van der Waals surface area contributed by atoms with E-state index in [2.05, 4.69) is 27.5 Å². The second-order valence-corrected chi connectivity index (χ2v) is 6.05. The number of nitrogens with zero attached hydrogens (tertiary/aromatic N) is 3.